The molecule has 0 radical (unpaired) electrons. The van der Waals surface area contributed by atoms with E-state index in [1.165, 1.54) is 29.2 Å². The van der Waals surface area contributed by atoms with Crippen LogP contribution in [0.5, 0.6) is 5.75 Å². The summed E-state index contributed by atoms with van der Waals surface area (Å²) in [5, 5.41) is 5.60. The zero-order valence-electron chi connectivity index (χ0n) is 16.2. The molecule has 158 valence electrons. The van der Waals surface area contributed by atoms with Crippen molar-refractivity contribution in [1.29, 1.82) is 0 Å². The molecule has 0 aliphatic rings. The van der Waals surface area contributed by atoms with E-state index >= 15 is 0 Å². The number of rotatable bonds is 7. The first-order chi connectivity index (χ1) is 15.0. The lowest BCUT2D eigenvalue weighted by atomic mass is 10.1. The minimum atomic E-state index is -2.94. The lowest BCUT2D eigenvalue weighted by Gasteiger charge is -2.09. The molecule has 31 heavy (non-hydrogen) atoms. The number of amides is 1. The second-order valence-electron chi connectivity index (χ2n) is 6.20. The van der Waals surface area contributed by atoms with Crippen molar-refractivity contribution in [2.75, 3.05) is 11.6 Å². The van der Waals surface area contributed by atoms with Crippen molar-refractivity contribution in [1.82, 2.24) is 14.5 Å². The summed E-state index contributed by atoms with van der Waals surface area (Å²) in [5.41, 5.74) is 2.13. The second kappa shape index (κ2) is 9.27. The largest absolute Gasteiger partial charge is 0.434 e. The molecule has 4 rings (SSSR count). The highest BCUT2D eigenvalue weighted by molar-refractivity contribution is 7.98. The van der Waals surface area contributed by atoms with Gasteiger partial charge in [0.1, 0.15) is 5.75 Å². The molecule has 0 saturated carbocycles. The number of para-hydroxylation sites is 1. The van der Waals surface area contributed by atoms with Gasteiger partial charge in [-0.15, -0.1) is 11.3 Å². The predicted molar refractivity (Wildman–Crippen MR) is 117 cm³/mol. The summed E-state index contributed by atoms with van der Waals surface area (Å²) in [6, 6.07) is 13.5. The highest BCUT2D eigenvalue weighted by Gasteiger charge is 2.15. The number of aromatic nitrogens is 3. The van der Waals surface area contributed by atoms with Crippen LogP contribution >= 0.6 is 23.1 Å². The van der Waals surface area contributed by atoms with Gasteiger partial charge in [-0.25, -0.2) is 9.97 Å². The third kappa shape index (κ3) is 4.75. The summed E-state index contributed by atoms with van der Waals surface area (Å²) in [6.07, 6.45) is 5.46. The number of nitrogens with zero attached hydrogens (tertiary/aromatic N) is 3. The van der Waals surface area contributed by atoms with Crippen molar-refractivity contribution in [2.45, 2.75) is 11.8 Å². The number of thiazole rings is 1. The number of alkyl halides is 2. The third-order valence-electron chi connectivity index (χ3n) is 4.28. The number of carbonyl (C=O) groups is 1. The van der Waals surface area contributed by atoms with Gasteiger partial charge in [0.25, 0.3) is 5.91 Å². The molecule has 6 nitrogen and oxygen atoms in total. The Balaban J connectivity index is 1.54. The van der Waals surface area contributed by atoms with Gasteiger partial charge in [0.05, 0.1) is 5.69 Å². The van der Waals surface area contributed by atoms with E-state index < -0.39 is 6.61 Å². The number of carbonyl (C=O) groups excluding carboxylic acids is 1. The maximum absolute atomic E-state index is 12.8. The van der Waals surface area contributed by atoms with Crippen molar-refractivity contribution >= 4 is 34.1 Å². The molecule has 1 amide bonds. The number of nitrogens with one attached hydrogen (secondary N) is 1. The van der Waals surface area contributed by atoms with Crippen molar-refractivity contribution < 1.29 is 18.3 Å². The SMILES string of the molecule is CSc1nccn1-c1cccc(C(=O)Nc2nc(-c3ccccc3OC(F)F)cs2)c1. The van der Waals surface area contributed by atoms with Gasteiger partial charge in [-0.2, -0.15) is 8.78 Å². The van der Waals surface area contributed by atoms with E-state index in [0.29, 0.717) is 22.0 Å². The van der Waals surface area contributed by atoms with Crippen LogP contribution in [-0.2, 0) is 0 Å². The number of hydrogen-bond acceptors (Lipinski definition) is 6. The Kier molecular flexibility index (Phi) is 6.28. The van der Waals surface area contributed by atoms with Crippen LogP contribution in [-0.4, -0.2) is 33.3 Å². The van der Waals surface area contributed by atoms with Gasteiger partial charge >= 0.3 is 6.61 Å². The second-order valence-corrected chi connectivity index (χ2v) is 7.83. The van der Waals surface area contributed by atoms with Gasteiger partial charge in [0, 0.05) is 34.6 Å². The summed E-state index contributed by atoms with van der Waals surface area (Å²) < 4.78 is 31.8. The standard InChI is InChI=1S/C21H16F2N4O2S2/c1-30-21-24-9-10-27(21)14-6-4-5-13(11-14)18(28)26-20-25-16(12-31-20)15-7-2-3-8-17(15)29-19(22)23/h2-12,19H,1H3,(H,25,26,28). The maximum Gasteiger partial charge on any atom is 0.387 e. The molecule has 1 N–H and O–H groups in total. The van der Waals surface area contributed by atoms with Crippen LogP contribution in [0.4, 0.5) is 13.9 Å². The van der Waals surface area contributed by atoms with E-state index in [1.807, 2.05) is 23.1 Å². The van der Waals surface area contributed by atoms with Crippen LogP contribution in [0.2, 0.25) is 0 Å². The van der Waals surface area contributed by atoms with E-state index in [1.54, 1.807) is 48.0 Å². The first-order valence-corrected chi connectivity index (χ1v) is 11.1. The molecule has 2 aromatic heterocycles. The van der Waals surface area contributed by atoms with Gasteiger partial charge in [0.2, 0.25) is 0 Å². The van der Waals surface area contributed by atoms with E-state index in [-0.39, 0.29) is 11.7 Å². The molecular formula is C21H16F2N4O2S2. The smallest absolute Gasteiger partial charge is 0.387 e. The molecule has 0 fully saturated rings. The van der Waals surface area contributed by atoms with Crippen molar-refractivity contribution in [3.05, 3.63) is 71.9 Å². The molecule has 2 heterocycles. The van der Waals surface area contributed by atoms with Crippen LogP contribution < -0.4 is 10.1 Å². The van der Waals surface area contributed by atoms with Gasteiger partial charge in [-0.05, 0) is 36.6 Å². The van der Waals surface area contributed by atoms with Crippen LogP contribution in [0.3, 0.4) is 0 Å². The van der Waals surface area contributed by atoms with E-state index in [9.17, 15) is 13.6 Å². The molecule has 0 atom stereocenters. The molecule has 0 aliphatic carbocycles. The summed E-state index contributed by atoms with van der Waals surface area (Å²) in [7, 11) is 0. The monoisotopic (exact) mass is 458 g/mol. The van der Waals surface area contributed by atoms with E-state index in [0.717, 1.165) is 10.8 Å². The number of benzene rings is 2. The highest BCUT2D eigenvalue weighted by Crippen LogP contribution is 2.33. The number of halogens is 2. The number of ether oxygens (including phenoxy) is 1. The van der Waals surface area contributed by atoms with Crippen LogP contribution in [0.25, 0.3) is 16.9 Å². The van der Waals surface area contributed by atoms with Crippen molar-refractivity contribution in [3.8, 4) is 22.7 Å². The lowest BCUT2D eigenvalue weighted by Crippen LogP contribution is -2.12. The minimum absolute atomic E-state index is 0.0262. The predicted octanol–water partition coefficient (Wildman–Crippen LogP) is 5.57. The summed E-state index contributed by atoms with van der Waals surface area (Å²) in [4.78, 5) is 21.4. The average molecular weight is 459 g/mol. The minimum Gasteiger partial charge on any atom is -0.434 e. The Morgan fingerprint density at radius 2 is 2.06 bits per heavy atom. The molecule has 0 saturated heterocycles. The first-order valence-electron chi connectivity index (χ1n) is 9.04. The van der Waals surface area contributed by atoms with Crippen LogP contribution in [0.15, 0.2) is 71.5 Å². The lowest BCUT2D eigenvalue weighted by molar-refractivity contribution is -0.0494. The Bertz CT molecular complexity index is 1210. The molecule has 2 aromatic carbocycles. The molecular weight excluding hydrogens is 442 g/mol. The van der Waals surface area contributed by atoms with Gasteiger partial charge in [-0.3, -0.25) is 14.7 Å². The van der Waals surface area contributed by atoms with E-state index in [2.05, 4.69) is 20.0 Å². The molecule has 4 aromatic rings. The topological polar surface area (TPSA) is 69.0 Å². The number of imidazole rings is 1. The third-order valence-corrected chi connectivity index (χ3v) is 5.70. The van der Waals surface area contributed by atoms with Gasteiger partial charge < -0.3 is 4.74 Å². The number of hydrogen-bond donors (Lipinski definition) is 1. The van der Waals surface area contributed by atoms with Gasteiger partial charge in [0.15, 0.2) is 10.3 Å². The number of thioether (sulfide) groups is 1. The molecule has 0 bridgehead atoms. The first kappa shape index (κ1) is 21.0. The fourth-order valence-corrected chi connectivity index (χ4v) is 4.17. The molecule has 10 heteroatoms. The highest BCUT2D eigenvalue weighted by atomic mass is 32.2. The summed E-state index contributed by atoms with van der Waals surface area (Å²) in [6.45, 7) is -2.94. The van der Waals surface area contributed by atoms with E-state index in [4.69, 9.17) is 0 Å². The molecule has 0 unspecified atom stereocenters. The Morgan fingerprint density at radius 3 is 2.87 bits per heavy atom. The van der Waals surface area contributed by atoms with Crippen molar-refractivity contribution in [3.63, 3.8) is 0 Å². The van der Waals surface area contributed by atoms with Gasteiger partial charge in [-0.1, -0.05) is 30.0 Å². The van der Waals surface area contributed by atoms with Crippen LogP contribution in [0.1, 0.15) is 10.4 Å². The zero-order chi connectivity index (χ0) is 21.8. The normalized spacial score (nSPS) is 11.0. The maximum atomic E-state index is 12.8. The number of anilines is 1. The molecule has 0 aliphatic heterocycles. The average Bonchev–Trinajstić information content (AvgIpc) is 3.43. The Morgan fingerprint density at radius 1 is 1.23 bits per heavy atom. The Hall–Kier alpha value is -3.24. The summed E-state index contributed by atoms with van der Waals surface area (Å²) >= 11 is 2.70. The van der Waals surface area contributed by atoms with Crippen LogP contribution in [0, 0.1) is 0 Å². The Labute approximate surface area is 184 Å². The summed E-state index contributed by atoms with van der Waals surface area (Å²) in [5.74, 6) is -0.302. The zero-order valence-corrected chi connectivity index (χ0v) is 17.8. The fraction of sp³-hybridized carbons (Fsp3) is 0.0952. The molecule has 0 spiro atoms. The van der Waals surface area contributed by atoms with Crippen molar-refractivity contribution in [2.24, 2.45) is 0 Å². The quantitative estimate of drug-likeness (QED) is 0.367. The fourth-order valence-electron chi connectivity index (χ4n) is 2.94.